The van der Waals surface area contributed by atoms with Crippen molar-refractivity contribution in [2.24, 2.45) is 5.92 Å². The predicted molar refractivity (Wildman–Crippen MR) is 69.2 cm³/mol. The maximum absolute atomic E-state index is 10.5. The molecule has 0 radical (unpaired) electrons. The Kier molecular flexibility index (Phi) is 5.40. The molecule has 1 fully saturated rings. The zero-order valence-corrected chi connectivity index (χ0v) is 11.3. The van der Waals surface area contributed by atoms with E-state index in [1.165, 1.54) is 25.7 Å². The Hall–Kier alpha value is -0.610. The summed E-state index contributed by atoms with van der Waals surface area (Å²) in [6.45, 7) is 3.78. The van der Waals surface area contributed by atoms with Gasteiger partial charge in [-0.3, -0.25) is 4.79 Å². The number of hydrogen-bond donors (Lipinski definition) is 2. The molecule has 2 unspecified atom stereocenters. The highest BCUT2D eigenvalue weighted by Crippen LogP contribution is 2.35. The highest BCUT2D eigenvalue weighted by atomic mass is 16.4. The molecule has 2 N–H and O–H groups in total. The number of nitrogens with zero attached hydrogens (tertiary/aromatic N) is 1. The summed E-state index contributed by atoms with van der Waals surface area (Å²) < 4.78 is 0. The van der Waals surface area contributed by atoms with Gasteiger partial charge in [0.25, 0.3) is 0 Å². The highest BCUT2D eigenvalue weighted by Gasteiger charge is 2.36. The van der Waals surface area contributed by atoms with Gasteiger partial charge >= 0.3 is 5.97 Å². The fourth-order valence-corrected chi connectivity index (χ4v) is 2.87. The lowest BCUT2D eigenvalue weighted by Gasteiger charge is -2.45. The minimum atomic E-state index is -0.728. The molecule has 1 aliphatic carbocycles. The first-order valence-corrected chi connectivity index (χ1v) is 6.56. The minimum absolute atomic E-state index is 0.207. The van der Waals surface area contributed by atoms with Gasteiger partial charge < -0.3 is 15.3 Å². The van der Waals surface area contributed by atoms with E-state index in [0.29, 0.717) is 6.54 Å². The fraction of sp³-hybridized carbons (Fsp3) is 0.923. The molecule has 0 spiro atoms. The average Bonchev–Trinajstić information content (AvgIpc) is 2.24. The van der Waals surface area contributed by atoms with E-state index in [0.717, 1.165) is 12.5 Å². The smallest absolute Gasteiger partial charge is 0.304 e. The van der Waals surface area contributed by atoms with Crippen LogP contribution in [0.5, 0.6) is 0 Å². The molecular weight excluding hydrogens is 216 g/mol. The second-order valence-electron chi connectivity index (χ2n) is 5.64. The highest BCUT2D eigenvalue weighted by molar-refractivity contribution is 5.66. The van der Waals surface area contributed by atoms with Gasteiger partial charge in [-0.1, -0.05) is 19.8 Å². The lowest BCUT2D eigenvalue weighted by atomic mass is 9.75. The molecule has 100 valence electrons. The molecule has 0 aliphatic heterocycles. The van der Waals surface area contributed by atoms with Gasteiger partial charge in [-0.2, -0.15) is 0 Å². The van der Waals surface area contributed by atoms with Crippen molar-refractivity contribution < 1.29 is 9.90 Å². The van der Waals surface area contributed by atoms with Gasteiger partial charge in [0.2, 0.25) is 0 Å². The van der Waals surface area contributed by atoms with Gasteiger partial charge in [0.15, 0.2) is 0 Å². The molecule has 0 aromatic heterocycles. The number of hydrogen-bond acceptors (Lipinski definition) is 3. The van der Waals surface area contributed by atoms with Crippen LogP contribution in [0.2, 0.25) is 0 Å². The van der Waals surface area contributed by atoms with E-state index in [1.54, 1.807) is 0 Å². The second-order valence-corrected chi connectivity index (χ2v) is 5.64. The van der Waals surface area contributed by atoms with Crippen LogP contribution in [0.15, 0.2) is 0 Å². The summed E-state index contributed by atoms with van der Waals surface area (Å²) in [6, 6.07) is 0. The first kappa shape index (κ1) is 14.5. The molecule has 1 rings (SSSR count). The van der Waals surface area contributed by atoms with Crippen LogP contribution in [0.25, 0.3) is 0 Å². The number of carboxylic acid groups (broad SMARTS) is 1. The quantitative estimate of drug-likeness (QED) is 0.694. The largest absolute Gasteiger partial charge is 0.481 e. The number of rotatable bonds is 6. The molecule has 0 saturated heterocycles. The molecular formula is C13H26N2O2. The number of nitrogens with one attached hydrogen (secondary N) is 1. The van der Waals surface area contributed by atoms with Crippen LogP contribution >= 0.6 is 0 Å². The van der Waals surface area contributed by atoms with Crippen molar-refractivity contribution in [1.29, 1.82) is 0 Å². The van der Waals surface area contributed by atoms with Crippen molar-refractivity contribution in [3.8, 4) is 0 Å². The molecule has 0 amide bonds. The molecule has 0 aromatic rings. The number of carbonyl (C=O) groups is 1. The lowest BCUT2D eigenvalue weighted by molar-refractivity contribution is -0.136. The Morgan fingerprint density at radius 1 is 1.53 bits per heavy atom. The van der Waals surface area contributed by atoms with E-state index < -0.39 is 5.97 Å². The maximum Gasteiger partial charge on any atom is 0.304 e. The first-order chi connectivity index (χ1) is 7.96. The summed E-state index contributed by atoms with van der Waals surface area (Å²) in [4.78, 5) is 12.8. The Balaban J connectivity index is 2.45. The van der Waals surface area contributed by atoms with Crippen LogP contribution in [0.4, 0.5) is 0 Å². The van der Waals surface area contributed by atoms with Crippen LogP contribution < -0.4 is 5.32 Å². The summed E-state index contributed by atoms with van der Waals surface area (Å²) in [7, 11) is 4.27. The van der Waals surface area contributed by atoms with Crippen molar-refractivity contribution in [1.82, 2.24) is 10.2 Å². The summed E-state index contributed by atoms with van der Waals surface area (Å²) >= 11 is 0. The molecule has 1 saturated carbocycles. The number of aliphatic carboxylic acids is 1. The van der Waals surface area contributed by atoms with Crippen molar-refractivity contribution in [3.63, 3.8) is 0 Å². The van der Waals surface area contributed by atoms with Crippen LogP contribution in [0.3, 0.4) is 0 Å². The van der Waals surface area contributed by atoms with E-state index in [-0.39, 0.29) is 12.0 Å². The standard InChI is InChI=1S/C13H26N2O2/c1-11-5-4-7-13(9-11,15(2)3)10-14-8-6-12(16)17/h11,14H,4-10H2,1-3H3,(H,16,17). The molecule has 0 aromatic carbocycles. The number of carboxylic acids is 1. The lowest BCUT2D eigenvalue weighted by Crippen LogP contribution is -2.54. The Morgan fingerprint density at radius 3 is 2.76 bits per heavy atom. The zero-order valence-electron chi connectivity index (χ0n) is 11.3. The van der Waals surface area contributed by atoms with Crippen molar-refractivity contribution >= 4 is 5.97 Å². The van der Waals surface area contributed by atoms with Crippen molar-refractivity contribution in [2.45, 2.75) is 44.6 Å². The van der Waals surface area contributed by atoms with E-state index in [4.69, 9.17) is 5.11 Å². The Morgan fingerprint density at radius 2 is 2.24 bits per heavy atom. The number of likely N-dealkylation sites (N-methyl/N-ethyl adjacent to an activating group) is 1. The average molecular weight is 242 g/mol. The van der Waals surface area contributed by atoms with Gasteiger partial charge in [-0.25, -0.2) is 0 Å². The first-order valence-electron chi connectivity index (χ1n) is 6.56. The van der Waals surface area contributed by atoms with Gasteiger partial charge in [0.05, 0.1) is 6.42 Å². The Labute approximate surface area is 104 Å². The summed E-state index contributed by atoms with van der Waals surface area (Å²) in [5.41, 5.74) is 0.218. The van der Waals surface area contributed by atoms with E-state index in [1.807, 2.05) is 0 Å². The van der Waals surface area contributed by atoms with Gasteiger partial charge in [-0.15, -0.1) is 0 Å². The van der Waals surface area contributed by atoms with Gasteiger partial charge in [0, 0.05) is 18.6 Å². The third kappa shape index (κ3) is 4.28. The minimum Gasteiger partial charge on any atom is -0.481 e. The van der Waals surface area contributed by atoms with Crippen LogP contribution in [0, 0.1) is 5.92 Å². The van der Waals surface area contributed by atoms with Gasteiger partial charge in [-0.05, 0) is 32.9 Å². The third-order valence-corrected chi connectivity index (χ3v) is 3.99. The third-order valence-electron chi connectivity index (χ3n) is 3.99. The molecule has 0 heterocycles. The van der Waals surface area contributed by atoms with Crippen LogP contribution in [-0.2, 0) is 4.79 Å². The predicted octanol–water partition coefficient (Wildman–Crippen LogP) is 1.56. The second kappa shape index (κ2) is 6.36. The molecule has 4 heteroatoms. The van der Waals surface area contributed by atoms with E-state index in [2.05, 4.69) is 31.2 Å². The Bertz CT molecular complexity index is 256. The molecule has 17 heavy (non-hydrogen) atoms. The monoisotopic (exact) mass is 242 g/mol. The molecule has 2 atom stereocenters. The van der Waals surface area contributed by atoms with E-state index in [9.17, 15) is 4.79 Å². The van der Waals surface area contributed by atoms with Crippen LogP contribution in [0.1, 0.15) is 39.0 Å². The van der Waals surface area contributed by atoms with Crippen molar-refractivity contribution in [2.75, 3.05) is 27.2 Å². The summed E-state index contributed by atoms with van der Waals surface area (Å²) in [6.07, 6.45) is 5.23. The van der Waals surface area contributed by atoms with Gasteiger partial charge in [0.1, 0.15) is 0 Å². The van der Waals surface area contributed by atoms with Crippen LogP contribution in [-0.4, -0.2) is 48.7 Å². The zero-order chi connectivity index (χ0) is 12.9. The van der Waals surface area contributed by atoms with E-state index >= 15 is 0 Å². The summed E-state index contributed by atoms with van der Waals surface area (Å²) in [5, 5.41) is 11.9. The summed E-state index contributed by atoms with van der Waals surface area (Å²) in [5.74, 6) is 0.0424. The molecule has 4 nitrogen and oxygen atoms in total. The SMILES string of the molecule is CC1CCCC(CNCCC(=O)O)(N(C)C)C1. The van der Waals surface area contributed by atoms with Crippen molar-refractivity contribution in [3.05, 3.63) is 0 Å². The normalized spacial score (nSPS) is 29.5. The topological polar surface area (TPSA) is 52.6 Å². The maximum atomic E-state index is 10.5. The molecule has 1 aliphatic rings. The fourth-order valence-electron chi connectivity index (χ4n) is 2.87. The molecule has 0 bridgehead atoms.